The van der Waals surface area contributed by atoms with Crippen LogP contribution in [0.5, 0.6) is 5.75 Å². The van der Waals surface area contributed by atoms with Gasteiger partial charge in [-0.05, 0) is 37.5 Å². The van der Waals surface area contributed by atoms with E-state index < -0.39 is 33.5 Å². The Labute approximate surface area is 193 Å². The van der Waals surface area contributed by atoms with Gasteiger partial charge in [0.1, 0.15) is 17.3 Å². The summed E-state index contributed by atoms with van der Waals surface area (Å²) in [6.07, 6.45) is 2.43. The van der Waals surface area contributed by atoms with E-state index in [2.05, 4.69) is 19.5 Å². The summed E-state index contributed by atoms with van der Waals surface area (Å²) < 4.78 is 27.9. The van der Waals surface area contributed by atoms with Crippen molar-refractivity contribution in [1.82, 2.24) is 19.9 Å². The van der Waals surface area contributed by atoms with Crippen molar-refractivity contribution >= 4 is 27.5 Å². The number of aromatic nitrogens is 3. The number of thiazole rings is 1. The molecular formula is C20H23N5O6S2. The predicted octanol–water partition coefficient (Wildman–Crippen LogP) is 0.546. The summed E-state index contributed by atoms with van der Waals surface area (Å²) in [6, 6.07) is 5.74. The first-order chi connectivity index (χ1) is 15.5. The summed E-state index contributed by atoms with van der Waals surface area (Å²) in [5.41, 5.74) is 0.809. The van der Waals surface area contributed by atoms with E-state index in [4.69, 9.17) is 5.14 Å². The first-order valence-corrected chi connectivity index (χ1v) is 12.2. The third-order valence-corrected chi connectivity index (χ3v) is 6.08. The van der Waals surface area contributed by atoms with Crippen molar-refractivity contribution in [3.63, 3.8) is 0 Å². The Hall–Kier alpha value is -3.29. The molecule has 13 heteroatoms. The Morgan fingerprint density at radius 3 is 2.61 bits per heavy atom. The van der Waals surface area contributed by atoms with Crippen molar-refractivity contribution in [2.24, 2.45) is 5.14 Å². The molecule has 0 bridgehead atoms. The minimum Gasteiger partial charge on any atom is -0.371 e. The summed E-state index contributed by atoms with van der Waals surface area (Å²) in [5.74, 6) is -0.367. The van der Waals surface area contributed by atoms with Crippen LogP contribution in [-0.4, -0.2) is 28.9 Å². The van der Waals surface area contributed by atoms with Gasteiger partial charge in [-0.3, -0.25) is 19.1 Å². The maximum atomic E-state index is 12.7. The summed E-state index contributed by atoms with van der Waals surface area (Å²) in [6.45, 7) is 3.24. The van der Waals surface area contributed by atoms with Crippen LogP contribution >= 0.6 is 11.3 Å². The third-order valence-electron chi connectivity index (χ3n) is 4.64. The molecule has 0 aliphatic carbocycles. The molecule has 1 atom stereocenters. The lowest BCUT2D eigenvalue weighted by atomic mass is 10.1. The summed E-state index contributed by atoms with van der Waals surface area (Å²) in [4.78, 5) is 43.0. The first kappa shape index (κ1) is 24.4. The zero-order valence-corrected chi connectivity index (χ0v) is 19.5. The Morgan fingerprint density at radius 2 is 2.00 bits per heavy atom. The number of hydrogen-bond donors (Lipinski definition) is 3. The van der Waals surface area contributed by atoms with Crippen molar-refractivity contribution in [3.05, 3.63) is 78.5 Å². The van der Waals surface area contributed by atoms with E-state index >= 15 is 0 Å². The maximum Gasteiger partial charge on any atom is 0.380 e. The van der Waals surface area contributed by atoms with E-state index in [0.29, 0.717) is 17.0 Å². The Kier molecular flexibility index (Phi) is 7.46. The number of H-pyrrole nitrogens is 1. The van der Waals surface area contributed by atoms with Crippen LogP contribution in [0.15, 0.2) is 45.4 Å². The minimum absolute atomic E-state index is 0.0668. The average molecular weight is 494 g/mol. The molecule has 3 aromatic rings. The van der Waals surface area contributed by atoms with Gasteiger partial charge in [0.25, 0.3) is 5.56 Å². The summed E-state index contributed by atoms with van der Waals surface area (Å²) in [7, 11) is -4.13. The highest BCUT2D eigenvalue weighted by atomic mass is 32.2. The molecule has 0 aliphatic rings. The van der Waals surface area contributed by atoms with E-state index in [9.17, 15) is 22.8 Å². The average Bonchev–Trinajstić information content (AvgIpc) is 3.21. The van der Waals surface area contributed by atoms with Crippen LogP contribution in [0, 0.1) is 6.92 Å². The fourth-order valence-electron chi connectivity index (χ4n) is 3.03. The van der Waals surface area contributed by atoms with Gasteiger partial charge in [-0.15, -0.1) is 11.3 Å². The third kappa shape index (κ3) is 6.84. The molecule has 0 spiro atoms. The molecule has 0 saturated carbocycles. The number of aromatic amines is 1. The molecule has 176 valence electrons. The summed E-state index contributed by atoms with van der Waals surface area (Å²) in [5, 5.41) is 10.4. The van der Waals surface area contributed by atoms with Crippen LogP contribution < -0.4 is 25.9 Å². The largest absolute Gasteiger partial charge is 0.380 e. The number of amides is 1. The topological polar surface area (TPSA) is 166 Å². The second-order valence-electron chi connectivity index (χ2n) is 7.27. The number of carbonyl (C=O) groups excluding carboxylic acids is 1. The van der Waals surface area contributed by atoms with Crippen LogP contribution in [0.25, 0.3) is 0 Å². The highest BCUT2D eigenvalue weighted by Gasteiger charge is 2.20. The molecule has 1 unspecified atom stereocenters. The van der Waals surface area contributed by atoms with Gasteiger partial charge in [0, 0.05) is 17.1 Å². The van der Waals surface area contributed by atoms with Gasteiger partial charge >= 0.3 is 16.0 Å². The molecule has 1 aromatic carbocycles. The van der Waals surface area contributed by atoms with Crippen LogP contribution in [0.1, 0.15) is 34.8 Å². The maximum absolute atomic E-state index is 12.7. The Morgan fingerprint density at radius 1 is 1.30 bits per heavy atom. The van der Waals surface area contributed by atoms with Crippen molar-refractivity contribution in [1.29, 1.82) is 0 Å². The zero-order valence-electron chi connectivity index (χ0n) is 17.9. The highest BCUT2D eigenvalue weighted by molar-refractivity contribution is 7.84. The van der Waals surface area contributed by atoms with Gasteiger partial charge in [0.05, 0.1) is 11.7 Å². The Bertz CT molecular complexity index is 1360. The van der Waals surface area contributed by atoms with Crippen molar-refractivity contribution in [3.8, 4) is 5.75 Å². The lowest BCUT2D eigenvalue weighted by Gasteiger charge is -2.17. The molecule has 0 saturated heterocycles. The second-order valence-corrected chi connectivity index (χ2v) is 9.32. The van der Waals surface area contributed by atoms with Crippen LogP contribution in [0.3, 0.4) is 0 Å². The molecule has 11 nitrogen and oxygen atoms in total. The van der Waals surface area contributed by atoms with Crippen molar-refractivity contribution in [2.75, 3.05) is 0 Å². The second kappa shape index (κ2) is 10.1. The van der Waals surface area contributed by atoms with E-state index in [1.807, 2.05) is 12.3 Å². The quantitative estimate of drug-likeness (QED) is 0.391. The number of benzene rings is 1. The number of hydrogen-bond acceptors (Lipinski definition) is 8. The minimum atomic E-state index is -4.13. The van der Waals surface area contributed by atoms with Gasteiger partial charge in [-0.25, -0.2) is 9.78 Å². The van der Waals surface area contributed by atoms with E-state index in [1.165, 1.54) is 29.7 Å². The number of carbonyl (C=O) groups is 1. The van der Waals surface area contributed by atoms with Gasteiger partial charge in [-0.2, -0.15) is 13.6 Å². The van der Waals surface area contributed by atoms with Gasteiger partial charge in [-0.1, -0.05) is 19.1 Å². The molecule has 0 radical (unpaired) electrons. The Balaban J connectivity index is 1.80. The molecule has 2 aromatic heterocycles. The SMILES string of the molecule is CCc1csc(C(Cc2ccc(OS(N)(=O)=O)cc2)NC(=O)Cn2cc(C)c(=O)[nH]c2=O)n1. The van der Waals surface area contributed by atoms with Crippen molar-refractivity contribution < 1.29 is 17.4 Å². The molecule has 33 heavy (non-hydrogen) atoms. The molecule has 4 N–H and O–H groups in total. The van der Waals surface area contributed by atoms with Crippen molar-refractivity contribution in [2.45, 2.75) is 39.3 Å². The van der Waals surface area contributed by atoms with Gasteiger partial charge in [0.15, 0.2) is 0 Å². The smallest absolute Gasteiger partial charge is 0.371 e. The van der Waals surface area contributed by atoms with Crippen LogP contribution in [-0.2, 0) is 34.5 Å². The number of nitrogens with one attached hydrogen (secondary N) is 2. The predicted molar refractivity (Wildman–Crippen MR) is 122 cm³/mol. The van der Waals surface area contributed by atoms with E-state index in [-0.39, 0.29) is 12.3 Å². The van der Waals surface area contributed by atoms with Crippen LogP contribution in [0.4, 0.5) is 0 Å². The van der Waals surface area contributed by atoms with Gasteiger partial charge in [0.2, 0.25) is 5.91 Å². The zero-order chi connectivity index (χ0) is 24.2. The molecule has 0 fully saturated rings. The standard InChI is InChI=1S/C20H23N5O6S2/c1-3-14-11-32-19(22-14)16(8-13-4-6-15(7-5-13)31-33(21,29)30)23-17(26)10-25-9-12(2)18(27)24-20(25)28/h4-7,9,11,16H,3,8,10H2,1-2H3,(H,23,26)(H2,21,29,30)(H,24,27,28). The van der Waals surface area contributed by atoms with E-state index in [0.717, 1.165) is 22.2 Å². The fraction of sp³-hybridized carbons (Fsp3) is 0.300. The first-order valence-electron chi connectivity index (χ1n) is 9.89. The number of aryl methyl sites for hydroxylation is 2. The van der Waals surface area contributed by atoms with E-state index in [1.54, 1.807) is 19.1 Å². The summed E-state index contributed by atoms with van der Waals surface area (Å²) >= 11 is 1.41. The lowest BCUT2D eigenvalue weighted by Crippen LogP contribution is -2.38. The van der Waals surface area contributed by atoms with Gasteiger partial charge < -0.3 is 9.50 Å². The molecular weight excluding hydrogens is 470 g/mol. The molecule has 0 aliphatic heterocycles. The number of nitrogens with two attached hydrogens (primary N) is 1. The fourth-order valence-corrected chi connectivity index (χ4v) is 4.36. The molecule has 1 amide bonds. The van der Waals surface area contributed by atoms with Crippen LogP contribution in [0.2, 0.25) is 0 Å². The number of rotatable bonds is 9. The molecule has 2 heterocycles. The normalized spacial score (nSPS) is 12.3. The molecule has 3 rings (SSSR count). The number of nitrogens with zero attached hydrogens (tertiary/aromatic N) is 2. The lowest BCUT2D eigenvalue weighted by molar-refractivity contribution is -0.122. The highest BCUT2D eigenvalue weighted by Crippen LogP contribution is 2.24. The monoisotopic (exact) mass is 493 g/mol.